The normalized spacial score (nSPS) is 14.5. The fourth-order valence-corrected chi connectivity index (χ4v) is 1.64. The fourth-order valence-electron chi connectivity index (χ4n) is 1.64. The molecule has 0 radical (unpaired) electrons. The Morgan fingerprint density at radius 1 is 1.47 bits per heavy atom. The van der Waals surface area contributed by atoms with Crippen LogP contribution in [0.4, 0.5) is 10.1 Å². The summed E-state index contributed by atoms with van der Waals surface area (Å²) in [6, 6.07) is 4.49. The van der Waals surface area contributed by atoms with Crippen molar-refractivity contribution in [2.24, 2.45) is 5.92 Å². The van der Waals surface area contributed by atoms with Crippen molar-refractivity contribution in [2.75, 3.05) is 18.4 Å². The number of rotatable bonds is 5. The summed E-state index contributed by atoms with van der Waals surface area (Å²) in [6.45, 7) is 2.83. The van der Waals surface area contributed by atoms with Crippen LogP contribution in [0, 0.1) is 18.7 Å². The second-order valence-corrected chi connectivity index (χ2v) is 4.56. The molecule has 0 aliphatic heterocycles. The quantitative estimate of drug-likeness (QED) is 0.821. The number of carbonyl (C=O) groups is 1. The molecule has 1 aliphatic rings. The number of hydrogen-bond donors (Lipinski definition) is 2. The molecule has 0 unspecified atom stereocenters. The number of anilines is 1. The molecule has 2 N–H and O–H groups in total. The van der Waals surface area contributed by atoms with Crippen LogP contribution in [0.1, 0.15) is 18.4 Å². The number of hydrogen-bond acceptors (Lipinski definition) is 2. The summed E-state index contributed by atoms with van der Waals surface area (Å²) in [4.78, 5) is 11.5. The second kappa shape index (κ2) is 5.17. The molecule has 1 aromatic carbocycles. The van der Waals surface area contributed by atoms with Gasteiger partial charge in [-0.1, -0.05) is 0 Å². The van der Waals surface area contributed by atoms with Gasteiger partial charge in [-0.2, -0.15) is 0 Å². The Hall–Kier alpha value is -1.58. The van der Waals surface area contributed by atoms with E-state index in [0.717, 1.165) is 17.8 Å². The number of carbonyl (C=O) groups excluding carboxylic acids is 1. The van der Waals surface area contributed by atoms with Crippen LogP contribution >= 0.6 is 0 Å². The van der Waals surface area contributed by atoms with Crippen LogP contribution in [-0.4, -0.2) is 19.0 Å². The molecule has 17 heavy (non-hydrogen) atoms. The maximum Gasteiger partial charge on any atom is 0.239 e. The average Bonchev–Trinajstić information content (AvgIpc) is 3.09. The van der Waals surface area contributed by atoms with Gasteiger partial charge >= 0.3 is 0 Å². The van der Waals surface area contributed by atoms with Crippen LogP contribution < -0.4 is 10.6 Å². The summed E-state index contributed by atoms with van der Waals surface area (Å²) in [5, 5.41) is 5.88. The maximum atomic E-state index is 12.9. The summed E-state index contributed by atoms with van der Waals surface area (Å²) in [5.41, 5.74) is 1.60. The Bertz CT molecular complexity index is 416. The first-order valence-electron chi connectivity index (χ1n) is 5.92. The molecule has 0 atom stereocenters. The van der Waals surface area contributed by atoms with Gasteiger partial charge in [0.1, 0.15) is 5.82 Å². The van der Waals surface area contributed by atoms with Gasteiger partial charge in [0.05, 0.1) is 6.54 Å². The van der Waals surface area contributed by atoms with E-state index in [2.05, 4.69) is 10.6 Å². The Labute approximate surface area is 100 Å². The third-order valence-electron chi connectivity index (χ3n) is 2.91. The van der Waals surface area contributed by atoms with E-state index in [9.17, 15) is 9.18 Å². The predicted molar refractivity (Wildman–Crippen MR) is 65.4 cm³/mol. The van der Waals surface area contributed by atoms with Gasteiger partial charge in [-0.3, -0.25) is 4.79 Å². The highest BCUT2D eigenvalue weighted by Crippen LogP contribution is 2.27. The zero-order valence-electron chi connectivity index (χ0n) is 9.92. The molecule has 0 saturated heterocycles. The van der Waals surface area contributed by atoms with Crippen LogP contribution in [0.15, 0.2) is 18.2 Å². The summed E-state index contributed by atoms with van der Waals surface area (Å²) < 4.78 is 12.9. The summed E-state index contributed by atoms with van der Waals surface area (Å²) in [7, 11) is 0. The smallest absolute Gasteiger partial charge is 0.239 e. The van der Waals surface area contributed by atoms with Crippen LogP contribution in [0.5, 0.6) is 0 Å². The molecule has 4 heteroatoms. The summed E-state index contributed by atoms with van der Waals surface area (Å²) >= 11 is 0. The largest absolute Gasteiger partial charge is 0.376 e. The Balaban J connectivity index is 1.77. The standard InChI is InChI=1S/C13H17FN2O/c1-9-6-11(14)4-5-12(9)15-8-13(17)16-7-10-2-3-10/h4-6,10,15H,2-3,7-8H2,1H3,(H,16,17). The van der Waals surface area contributed by atoms with Crippen LogP contribution in [0.2, 0.25) is 0 Å². The highest BCUT2D eigenvalue weighted by molar-refractivity contribution is 5.80. The van der Waals surface area contributed by atoms with Crippen LogP contribution in [0.25, 0.3) is 0 Å². The summed E-state index contributed by atoms with van der Waals surface area (Å²) in [6.07, 6.45) is 2.45. The third kappa shape index (κ3) is 3.73. The highest BCUT2D eigenvalue weighted by atomic mass is 19.1. The van der Waals surface area contributed by atoms with Crippen molar-refractivity contribution in [3.8, 4) is 0 Å². The van der Waals surface area contributed by atoms with Crippen molar-refractivity contribution in [1.29, 1.82) is 0 Å². The molecule has 92 valence electrons. The van der Waals surface area contributed by atoms with Crippen molar-refractivity contribution in [1.82, 2.24) is 5.32 Å². The van der Waals surface area contributed by atoms with E-state index < -0.39 is 0 Å². The zero-order chi connectivity index (χ0) is 12.3. The number of halogens is 1. The lowest BCUT2D eigenvalue weighted by atomic mass is 10.2. The topological polar surface area (TPSA) is 41.1 Å². The molecule has 2 rings (SSSR count). The average molecular weight is 236 g/mol. The van der Waals surface area contributed by atoms with Gasteiger partial charge in [-0.05, 0) is 49.4 Å². The fraction of sp³-hybridized carbons (Fsp3) is 0.462. The van der Waals surface area contributed by atoms with Crippen molar-refractivity contribution in [3.05, 3.63) is 29.6 Å². The van der Waals surface area contributed by atoms with Gasteiger partial charge in [0.15, 0.2) is 0 Å². The number of aryl methyl sites for hydroxylation is 1. The third-order valence-corrected chi connectivity index (χ3v) is 2.91. The molecule has 1 aromatic rings. The SMILES string of the molecule is Cc1cc(F)ccc1NCC(=O)NCC1CC1. The van der Waals surface area contributed by atoms with Crippen LogP contribution in [-0.2, 0) is 4.79 Å². The first-order chi connectivity index (χ1) is 8.15. The van der Waals surface area contributed by atoms with Gasteiger partial charge in [0.2, 0.25) is 5.91 Å². The van der Waals surface area contributed by atoms with Crippen LogP contribution in [0.3, 0.4) is 0 Å². The molecule has 1 saturated carbocycles. The Kier molecular flexibility index (Phi) is 3.61. The Morgan fingerprint density at radius 3 is 2.88 bits per heavy atom. The molecule has 3 nitrogen and oxygen atoms in total. The predicted octanol–water partition coefficient (Wildman–Crippen LogP) is 2.07. The van der Waals surface area contributed by atoms with Gasteiger partial charge in [0.25, 0.3) is 0 Å². The number of benzene rings is 1. The Morgan fingerprint density at radius 2 is 2.24 bits per heavy atom. The van der Waals surface area contributed by atoms with E-state index >= 15 is 0 Å². The zero-order valence-corrected chi connectivity index (χ0v) is 9.92. The molecule has 1 fully saturated rings. The first-order valence-corrected chi connectivity index (χ1v) is 5.92. The van der Waals surface area contributed by atoms with Crippen molar-refractivity contribution in [3.63, 3.8) is 0 Å². The number of amides is 1. The minimum Gasteiger partial charge on any atom is -0.376 e. The monoisotopic (exact) mass is 236 g/mol. The van der Waals surface area contributed by atoms with Crippen molar-refractivity contribution < 1.29 is 9.18 Å². The minimum absolute atomic E-state index is 0.0133. The lowest BCUT2D eigenvalue weighted by molar-refractivity contribution is -0.119. The molecule has 1 aliphatic carbocycles. The van der Waals surface area contributed by atoms with Crippen molar-refractivity contribution >= 4 is 11.6 Å². The second-order valence-electron chi connectivity index (χ2n) is 4.56. The number of nitrogens with one attached hydrogen (secondary N) is 2. The van der Waals surface area contributed by atoms with E-state index in [0.29, 0.717) is 5.92 Å². The van der Waals surface area contributed by atoms with E-state index in [-0.39, 0.29) is 18.3 Å². The van der Waals surface area contributed by atoms with E-state index in [4.69, 9.17) is 0 Å². The maximum absolute atomic E-state index is 12.9. The van der Waals surface area contributed by atoms with Gasteiger partial charge in [-0.15, -0.1) is 0 Å². The molecule has 0 bridgehead atoms. The van der Waals surface area contributed by atoms with Gasteiger partial charge in [-0.25, -0.2) is 4.39 Å². The van der Waals surface area contributed by atoms with Gasteiger partial charge in [0, 0.05) is 12.2 Å². The molecular formula is C13H17FN2O. The molecule has 0 aromatic heterocycles. The molecule has 0 spiro atoms. The summed E-state index contributed by atoms with van der Waals surface area (Å²) in [5.74, 6) is 0.415. The van der Waals surface area contributed by atoms with Gasteiger partial charge < -0.3 is 10.6 Å². The first kappa shape index (κ1) is 11.9. The van der Waals surface area contributed by atoms with Crippen molar-refractivity contribution in [2.45, 2.75) is 19.8 Å². The molecule has 1 amide bonds. The lowest BCUT2D eigenvalue weighted by Gasteiger charge is -2.09. The highest BCUT2D eigenvalue weighted by Gasteiger charge is 2.21. The molecular weight excluding hydrogens is 219 g/mol. The molecule has 0 heterocycles. The van der Waals surface area contributed by atoms with E-state index in [1.54, 1.807) is 6.07 Å². The van der Waals surface area contributed by atoms with E-state index in [1.165, 1.54) is 25.0 Å². The lowest BCUT2D eigenvalue weighted by Crippen LogP contribution is -2.31. The minimum atomic E-state index is -0.258. The van der Waals surface area contributed by atoms with E-state index in [1.807, 2.05) is 6.92 Å².